The van der Waals surface area contributed by atoms with E-state index in [0.717, 1.165) is 22.8 Å². The van der Waals surface area contributed by atoms with Gasteiger partial charge in [0.15, 0.2) is 11.5 Å². The predicted octanol–water partition coefficient (Wildman–Crippen LogP) is 3.69. The third-order valence-corrected chi connectivity index (χ3v) is 3.96. The Hall–Kier alpha value is -3.81. The van der Waals surface area contributed by atoms with Crippen LogP contribution in [0.5, 0.6) is 11.5 Å². The number of carbonyl (C=O) groups is 1. The Morgan fingerprint density at radius 1 is 0.821 bits per heavy atom. The molecular weight excluding hydrogens is 358 g/mol. The molecule has 142 valence electrons. The molecule has 0 saturated heterocycles. The molecule has 0 saturated carbocycles. The number of benzene rings is 2. The highest BCUT2D eigenvalue weighted by Gasteiger charge is 2.12. The van der Waals surface area contributed by atoms with Crippen molar-refractivity contribution in [3.05, 3.63) is 54.9 Å². The fourth-order valence-corrected chi connectivity index (χ4v) is 2.75. The molecule has 0 aliphatic carbocycles. The number of nitrogens with zero attached hydrogens (tertiary/aromatic N) is 2. The van der Waals surface area contributed by atoms with Crippen LogP contribution in [0, 0.1) is 0 Å². The second-order valence-corrected chi connectivity index (χ2v) is 6.16. The van der Waals surface area contributed by atoms with Crippen molar-refractivity contribution >= 4 is 34.6 Å². The first-order valence-electron chi connectivity index (χ1n) is 8.79. The number of hydrogen-bond acceptors (Lipinski definition) is 7. The first-order valence-corrected chi connectivity index (χ1v) is 8.79. The van der Waals surface area contributed by atoms with Gasteiger partial charge in [0.2, 0.25) is 5.91 Å². The topological polar surface area (TPSA) is 97.4 Å². The van der Waals surface area contributed by atoms with Gasteiger partial charge in [-0.25, -0.2) is 9.97 Å². The van der Waals surface area contributed by atoms with Gasteiger partial charge in [0.1, 0.15) is 31.2 Å². The summed E-state index contributed by atoms with van der Waals surface area (Å²) in [7, 11) is 0. The lowest BCUT2D eigenvalue weighted by atomic mass is 10.2. The van der Waals surface area contributed by atoms with E-state index >= 15 is 0 Å². The van der Waals surface area contributed by atoms with Gasteiger partial charge >= 0.3 is 0 Å². The maximum Gasteiger partial charge on any atom is 0.221 e. The highest BCUT2D eigenvalue weighted by molar-refractivity contribution is 5.88. The van der Waals surface area contributed by atoms with E-state index in [0.29, 0.717) is 30.6 Å². The van der Waals surface area contributed by atoms with Crippen molar-refractivity contribution in [3.8, 4) is 11.5 Å². The van der Waals surface area contributed by atoms with Crippen LogP contribution in [0.25, 0.3) is 0 Å². The Bertz CT molecular complexity index is 991. The number of carbonyl (C=O) groups excluding carboxylic acids is 1. The Balaban J connectivity index is 1.45. The monoisotopic (exact) mass is 377 g/mol. The lowest BCUT2D eigenvalue weighted by molar-refractivity contribution is -0.114. The number of ether oxygens (including phenoxy) is 2. The van der Waals surface area contributed by atoms with E-state index in [4.69, 9.17) is 9.47 Å². The van der Waals surface area contributed by atoms with Crippen LogP contribution < -0.4 is 25.4 Å². The smallest absolute Gasteiger partial charge is 0.221 e. The molecule has 3 aromatic rings. The summed E-state index contributed by atoms with van der Waals surface area (Å²) in [5.74, 6) is 2.63. The predicted molar refractivity (Wildman–Crippen MR) is 107 cm³/mol. The van der Waals surface area contributed by atoms with Crippen LogP contribution in [0.1, 0.15) is 6.92 Å². The van der Waals surface area contributed by atoms with Crippen LogP contribution in [0.3, 0.4) is 0 Å². The van der Waals surface area contributed by atoms with Crippen molar-refractivity contribution in [3.63, 3.8) is 0 Å². The van der Waals surface area contributed by atoms with Crippen LogP contribution in [-0.4, -0.2) is 29.1 Å². The van der Waals surface area contributed by atoms with E-state index in [9.17, 15) is 4.79 Å². The molecule has 0 fully saturated rings. The van der Waals surface area contributed by atoms with Gasteiger partial charge in [-0.05, 0) is 36.4 Å². The Morgan fingerprint density at radius 2 is 1.43 bits per heavy atom. The van der Waals surface area contributed by atoms with Crippen LogP contribution in [0.2, 0.25) is 0 Å². The summed E-state index contributed by atoms with van der Waals surface area (Å²) in [4.78, 5) is 19.6. The van der Waals surface area contributed by atoms with Crippen LogP contribution >= 0.6 is 0 Å². The highest BCUT2D eigenvalue weighted by Crippen LogP contribution is 2.33. The second-order valence-electron chi connectivity index (χ2n) is 6.16. The lowest BCUT2D eigenvalue weighted by Gasteiger charge is -2.19. The van der Waals surface area contributed by atoms with Gasteiger partial charge in [-0.2, -0.15) is 0 Å². The molecule has 1 amide bonds. The summed E-state index contributed by atoms with van der Waals surface area (Å²) in [6.07, 6.45) is 1.48. The fraction of sp³-hybridized carbons (Fsp3) is 0.150. The van der Waals surface area contributed by atoms with Gasteiger partial charge in [0, 0.05) is 36.1 Å². The minimum Gasteiger partial charge on any atom is -0.486 e. The van der Waals surface area contributed by atoms with Crippen molar-refractivity contribution in [2.75, 3.05) is 29.2 Å². The normalized spacial score (nSPS) is 12.2. The summed E-state index contributed by atoms with van der Waals surface area (Å²) < 4.78 is 11.1. The molecule has 1 aliphatic rings. The maximum absolute atomic E-state index is 11.1. The van der Waals surface area contributed by atoms with Crippen molar-refractivity contribution in [1.82, 2.24) is 9.97 Å². The number of anilines is 5. The molecule has 28 heavy (non-hydrogen) atoms. The van der Waals surface area contributed by atoms with E-state index in [-0.39, 0.29) is 5.91 Å². The lowest BCUT2D eigenvalue weighted by Crippen LogP contribution is -2.15. The summed E-state index contributed by atoms with van der Waals surface area (Å²) in [6, 6.07) is 14.8. The van der Waals surface area contributed by atoms with Gasteiger partial charge in [0.05, 0.1) is 0 Å². The van der Waals surface area contributed by atoms with Crippen molar-refractivity contribution in [2.24, 2.45) is 0 Å². The van der Waals surface area contributed by atoms with Crippen LogP contribution in [0.4, 0.5) is 28.7 Å². The molecule has 2 heterocycles. The fourth-order valence-electron chi connectivity index (χ4n) is 2.75. The molecule has 1 aliphatic heterocycles. The molecule has 1 aromatic heterocycles. The number of amides is 1. The average Bonchev–Trinajstić information content (AvgIpc) is 2.69. The Morgan fingerprint density at radius 3 is 2.14 bits per heavy atom. The zero-order valence-electron chi connectivity index (χ0n) is 15.2. The van der Waals surface area contributed by atoms with Crippen LogP contribution in [0.15, 0.2) is 54.9 Å². The quantitative estimate of drug-likeness (QED) is 0.624. The van der Waals surface area contributed by atoms with Gasteiger partial charge in [-0.1, -0.05) is 0 Å². The number of nitrogens with one attached hydrogen (secondary N) is 3. The standard InChI is InChI=1S/C20H19N5O3/c1-13(26)23-14-2-4-15(5-3-14)24-19-11-20(22-12-21-19)25-16-6-7-17-18(10-16)28-9-8-27-17/h2-7,10-12H,8-9H2,1H3,(H,23,26)(H2,21,22,24,25). The van der Waals surface area contributed by atoms with E-state index in [1.807, 2.05) is 42.5 Å². The van der Waals surface area contributed by atoms with Crippen LogP contribution in [-0.2, 0) is 4.79 Å². The SMILES string of the molecule is CC(=O)Nc1ccc(Nc2cc(Nc3ccc4c(c3)OCCO4)ncn2)cc1. The number of aromatic nitrogens is 2. The summed E-state index contributed by atoms with van der Waals surface area (Å²) in [5.41, 5.74) is 2.42. The highest BCUT2D eigenvalue weighted by atomic mass is 16.6. The van der Waals surface area contributed by atoms with Gasteiger partial charge in [-0.3, -0.25) is 4.79 Å². The minimum absolute atomic E-state index is 0.105. The Kier molecular flexibility index (Phi) is 4.92. The number of fused-ring (bicyclic) bond motifs is 1. The first-order chi connectivity index (χ1) is 13.7. The second kappa shape index (κ2) is 7.83. The molecule has 3 N–H and O–H groups in total. The van der Waals surface area contributed by atoms with E-state index in [1.165, 1.54) is 13.3 Å². The molecule has 0 unspecified atom stereocenters. The summed E-state index contributed by atoms with van der Waals surface area (Å²) in [6.45, 7) is 2.58. The first kappa shape index (κ1) is 17.6. The van der Waals surface area contributed by atoms with Crippen molar-refractivity contribution < 1.29 is 14.3 Å². The van der Waals surface area contributed by atoms with E-state index in [1.54, 1.807) is 6.07 Å². The zero-order valence-corrected chi connectivity index (χ0v) is 15.2. The van der Waals surface area contributed by atoms with Gasteiger partial charge in [0.25, 0.3) is 0 Å². The molecule has 0 radical (unpaired) electrons. The van der Waals surface area contributed by atoms with E-state index in [2.05, 4.69) is 25.9 Å². The molecule has 8 heteroatoms. The molecule has 0 spiro atoms. The third-order valence-electron chi connectivity index (χ3n) is 3.96. The minimum atomic E-state index is -0.105. The molecule has 4 rings (SSSR count). The number of rotatable bonds is 5. The van der Waals surface area contributed by atoms with Crippen molar-refractivity contribution in [2.45, 2.75) is 6.92 Å². The third kappa shape index (κ3) is 4.29. The zero-order chi connectivity index (χ0) is 19.3. The Labute approximate surface area is 161 Å². The van der Waals surface area contributed by atoms with E-state index < -0.39 is 0 Å². The summed E-state index contributed by atoms with van der Waals surface area (Å²) >= 11 is 0. The average molecular weight is 377 g/mol. The van der Waals surface area contributed by atoms with Crippen molar-refractivity contribution in [1.29, 1.82) is 0 Å². The molecule has 8 nitrogen and oxygen atoms in total. The maximum atomic E-state index is 11.1. The molecule has 2 aromatic carbocycles. The summed E-state index contributed by atoms with van der Waals surface area (Å²) in [5, 5.41) is 9.18. The molecular formula is C20H19N5O3. The van der Waals surface area contributed by atoms with Gasteiger partial charge < -0.3 is 25.4 Å². The largest absolute Gasteiger partial charge is 0.486 e. The molecule has 0 atom stereocenters. The van der Waals surface area contributed by atoms with Gasteiger partial charge in [-0.15, -0.1) is 0 Å². The number of hydrogen-bond donors (Lipinski definition) is 3. The molecule has 0 bridgehead atoms.